The fourth-order valence-electron chi connectivity index (χ4n) is 1.56. The molecule has 16 heavy (non-hydrogen) atoms. The summed E-state index contributed by atoms with van der Waals surface area (Å²) >= 11 is 4.86. The van der Waals surface area contributed by atoms with Gasteiger partial charge in [0.15, 0.2) is 0 Å². The number of methoxy groups -OCH3 is 2. The molecule has 0 bridgehead atoms. The first kappa shape index (κ1) is 15.8. The third-order valence-electron chi connectivity index (χ3n) is 2.48. The Morgan fingerprint density at radius 1 is 1.31 bits per heavy atom. The van der Waals surface area contributed by atoms with Gasteiger partial charge in [0.1, 0.15) is 0 Å². The molecule has 0 aromatic carbocycles. The maximum Gasteiger partial charge on any atom is 0.0727 e. The van der Waals surface area contributed by atoms with Crippen LogP contribution in [0.15, 0.2) is 0 Å². The highest BCUT2D eigenvalue weighted by molar-refractivity contribution is 7.80. The van der Waals surface area contributed by atoms with Gasteiger partial charge in [0.2, 0.25) is 0 Å². The van der Waals surface area contributed by atoms with Crippen molar-refractivity contribution in [2.75, 3.05) is 40.5 Å². The normalized spacial score (nSPS) is 13.0. The fourth-order valence-corrected chi connectivity index (χ4v) is 1.71. The quantitative estimate of drug-likeness (QED) is 0.585. The fraction of sp³-hybridized carbons (Fsp3) is 0.909. The van der Waals surface area contributed by atoms with Crippen molar-refractivity contribution >= 4 is 17.2 Å². The van der Waals surface area contributed by atoms with Crippen molar-refractivity contribution in [2.24, 2.45) is 5.73 Å². The highest BCUT2D eigenvalue weighted by Crippen LogP contribution is 2.03. The van der Waals surface area contributed by atoms with E-state index in [4.69, 9.17) is 27.4 Å². The van der Waals surface area contributed by atoms with Crippen LogP contribution in [0.3, 0.4) is 0 Å². The molecule has 4 nitrogen and oxygen atoms in total. The molecule has 0 aromatic heterocycles. The molecule has 96 valence electrons. The Labute approximate surface area is 104 Å². The van der Waals surface area contributed by atoms with Crippen LogP contribution < -0.4 is 5.73 Å². The lowest BCUT2D eigenvalue weighted by Crippen LogP contribution is -2.39. The van der Waals surface area contributed by atoms with Crippen LogP contribution in [0.4, 0.5) is 0 Å². The van der Waals surface area contributed by atoms with E-state index in [0.29, 0.717) is 11.0 Å². The van der Waals surface area contributed by atoms with Gasteiger partial charge in [-0.15, -0.1) is 0 Å². The van der Waals surface area contributed by atoms with E-state index in [1.165, 1.54) is 0 Å². The lowest BCUT2D eigenvalue weighted by atomic mass is 10.2. The first-order valence-electron chi connectivity index (χ1n) is 5.62. The van der Waals surface area contributed by atoms with Crippen LogP contribution in [0.5, 0.6) is 0 Å². The second-order valence-electron chi connectivity index (χ2n) is 3.90. The lowest BCUT2D eigenvalue weighted by Gasteiger charge is -2.28. The largest absolute Gasteiger partial charge is 0.393 e. The smallest absolute Gasteiger partial charge is 0.0727 e. The molecule has 0 saturated heterocycles. The Morgan fingerprint density at radius 2 is 2.00 bits per heavy atom. The third kappa shape index (κ3) is 7.98. The molecule has 0 radical (unpaired) electrons. The van der Waals surface area contributed by atoms with Crippen molar-refractivity contribution in [1.29, 1.82) is 0 Å². The minimum atomic E-state index is 0.395. The molecule has 0 aliphatic rings. The van der Waals surface area contributed by atoms with E-state index in [0.717, 1.165) is 39.1 Å². The summed E-state index contributed by atoms with van der Waals surface area (Å²) in [7, 11) is 3.44. The number of hydrogen-bond donors (Lipinski definition) is 1. The zero-order chi connectivity index (χ0) is 12.4. The van der Waals surface area contributed by atoms with Gasteiger partial charge in [-0.3, -0.25) is 4.90 Å². The molecule has 0 aliphatic carbocycles. The van der Waals surface area contributed by atoms with E-state index in [1.807, 2.05) is 0 Å². The Bertz CT molecular complexity index is 191. The number of nitrogens with zero attached hydrogens (tertiary/aromatic N) is 1. The van der Waals surface area contributed by atoms with Crippen LogP contribution >= 0.6 is 12.2 Å². The summed E-state index contributed by atoms with van der Waals surface area (Å²) in [6.07, 6.45) is 1.80. The van der Waals surface area contributed by atoms with E-state index in [9.17, 15) is 0 Å². The summed E-state index contributed by atoms with van der Waals surface area (Å²) < 4.78 is 10.3. The molecule has 0 aromatic rings. The molecule has 0 fully saturated rings. The van der Waals surface area contributed by atoms with Gasteiger partial charge < -0.3 is 15.2 Å². The summed E-state index contributed by atoms with van der Waals surface area (Å²) in [5.41, 5.74) is 5.48. The molecule has 0 aliphatic heterocycles. The van der Waals surface area contributed by atoms with Gasteiger partial charge in [0.25, 0.3) is 0 Å². The van der Waals surface area contributed by atoms with Gasteiger partial charge in [0, 0.05) is 26.8 Å². The highest BCUT2D eigenvalue weighted by atomic mass is 32.1. The molecule has 1 unspecified atom stereocenters. The van der Waals surface area contributed by atoms with E-state index in [-0.39, 0.29) is 0 Å². The molecule has 0 amide bonds. The van der Waals surface area contributed by atoms with Gasteiger partial charge >= 0.3 is 0 Å². The molecule has 0 heterocycles. The van der Waals surface area contributed by atoms with Gasteiger partial charge in [-0.2, -0.15) is 0 Å². The number of ether oxygens (including phenoxy) is 2. The Kier molecular flexibility index (Phi) is 9.82. The van der Waals surface area contributed by atoms with Crippen LogP contribution in [0.2, 0.25) is 0 Å². The summed E-state index contributed by atoms with van der Waals surface area (Å²) in [4.78, 5) is 2.93. The molecule has 1 atom stereocenters. The van der Waals surface area contributed by atoms with Gasteiger partial charge in [0.05, 0.1) is 18.2 Å². The predicted molar refractivity (Wildman–Crippen MR) is 70.8 cm³/mol. The van der Waals surface area contributed by atoms with Crippen LogP contribution in [0, 0.1) is 0 Å². The second-order valence-corrected chi connectivity index (χ2v) is 4.43. The molecular weight excluding hydrogens is 224 g/mol. The highest BCUT2D eigenvalue weighted by Gasteiger charge is 2.12. The minimum Gasteiger partial charge on any atom is -0.393 e. The van der Waals surface area contributed by atoms with Gasteiger partial charge in [-0.25, -0.2) is 0 Å². The third-order valence-corrected chi connectivity index (χ3v) is 2.69. The topological polar surface area (TPSA) is 47.7 Å². The monoisotopic (exact) mass is 248 g/mol. The standard InChI is InChI=1S/C11H24N2O2S/c1-10(9-15-3)13(7-8-14-2)6-4-5-11(12)16/h10H,4-9H2,1-3H3,(H2,12,16). The summed E-state index contributed by atoms with van der Waals surface area (Å²) in [6.45, 7) is 5.52. The molecule has 0 saturated carbocycles. The van der Waals surface area contributed by atoms with Gasteiger partial charge in [-0.05, 0) is 26.3 Å². The molecule has 5 heteroatoms. The number of thiocarbonyl (C=S) groups is 1. The average Bonchev–Trinajstić information content (AvgIpc) is 2.22. The number of nitrogens with two attached hydrogens (primary N) is 1. The maximum absolute atomic E-state index is 5.48. The summed E-state index contributed by atoms with van der Waals surface area (Å²) in [5.74, 6) is 0. The SMILES string of the molecule is COCCN(CCCC(N)=S)C(C)COC. The van der Waals surface area contributed by atoms with Crippen molar-refractivity contribution in [2.45, 2.75) is 25.8 Å². The van der Waals surface area contributed by atoms with E-state index >= 15 is 0 Å². The van der Waals surface area contributed by atoms with E-state index in [2.05, 4.69) is 11.8 Å². The lowest BCUT2D eigenvalue weighted by molar-refractivity contribution is 0.0747. The minimum absolute atomic E-state index is 0.395. The summed E-state index contributed by atoms with van der Waals surface area (Å²) in [5, 5.41) is 0. The molecular formula is C11H24N2O2S. The molecule has 0 rings (SSSR count). The van der Waals surface area contributed by atoms with Crippen LogP contribution in [-0.2, 0) is 9.47 Å². The molecule has 2 N–H and O–H groups in total. The van der Waals surface area contributed by atoms with Crippen LogP contribution in [-0.4, -0.2) is 56.5 Å². The first-order valence-corrected chi connectivity index (χ1v) is 6.02. The summed E-state index contributed by atoms with van der Waals surface area (Å²) in [6, 6.07) is 0.395. The van der Waals surface area contributed by atoms with E-state index in [1.54, 1.807) is 14.2 Å². The zero-order valence-electron chi connectivity index (χ0n) is 10.6. The Hall–Kier alpha value is -0.230. The Morgan fingerprint density at radius 3 is 2.50 bits per heavy atom. The maximum atomic E-state index is 5.48. The second kappa shape index (κ2) is 9.96. The number of rotatable bonds is 10. The van der Waals surface area contributed by atoms with Crippen molar-refractivity contribution in [3.8, 4) is 0 Å². The van der Waals surface area contributed by atoms with Crippen molar-refractivity contribution in [3.05, 3.63) is 0 Å². The predicted octanol–water partition coefficient (Wildman–Crippen LogP) is 1.04. The van der Waals surface area contributed by atoms with Crippen molar-refractivity contribution in [3.63, 3.8) is 0 Å². The van der Waals surface area contributed by atoms with Crippen molar-refractivity contribution < 1.29 is 9.47 Å². The first-order chi connectivity index (χ1) is 7.61. The Balaban J connectivity index is 3.93. The average molecular weight is 248 g/mol. The van der Waals surface area contributed by atoms with Crippen molar-refractivity contribution in [1.82, 2.24) is 4.90 Å². The van der Waals surface area contributed by atoms with Crippen LogP contribution in [0.1, 0.15) is 19.8 Å². The van der Waals surface area contributed by atoms with Crippen LogP contribution in [0.25, 0.3) is 0 Å². The number of hydrogen-bond acceptors (Lipinski definition) is 4. The van der Waals surface area contributed by atoms with E-state index < -0.39 is 0 Å². The van der Waals surface area contributed by atoms with Gasteiger partial charge in [-0.1, -0.05) is 12.2 Å². The zero-order valence-corrected chi connectivity index (χ0v) is 11.4. The molecule has 0 spiro atoms.